The van der Waals surface area contributed by atoms with Gasteiger partial charge in [0.2, 0.25) is 5.91 Å². The van der Waals surface area contributed by atoms with E-state index in [1.165, 1.54) is 10.3 Å². The monoisotopic (exact) mass is 354 g/mol. The third-order valence-electron chi connectivity index (χ3n) is 3.43. The Morgan fingerprint density at radius 2 is 2.08 bits per heavy atom. The Hall–Kier alpha value is -2.11. The Kier molecular flexibility index (Phi) is 5.33. The number of amides is 1. The summed E-state index contributed by atoms with van der Waals surface area (Å²) in [6.45, 7) is 5.73. The summed E-state index contributed by atoms with van der Waals surface area (Å²) in [5.41, 5.74) is 4.13. The molecule has 0 aliphatic heterocycles. The minimum Gasteiger partial charge on any atom is -0.325 e. The van der Waals surface area contributed by atoms with Crippen LogP contribution in [0.1, 0.15) is 5.56 Å². The van der Waals surface area contributed by atoms with Gasteiger partial charge in [-0.1, -0.05) is 12.1 Å². The number of nitrogens with zero attached hydrogens (tertiary/aromatic N) is 1. The summed E-state index contributed by atoms with van der Waals surface area (Å²) in [6, 6.07) is 14.1. The van der Waals surface area contributed by atoms with Gasteiger partial charge in [0, 0.05) is 17.0 Å². The van der Waals surface area contributed by atoms with Crippen molar-refractivity contribution < 1.29 is 4.79 Å². The van der Waals surface area contributed by atoms with Crippen molar-refractivity contribution in [3.8, 4) is 10.6 Å². The number of rotatable bonds is 6. The van der Waals surface area contributed by atoms with E-state index in [2.05, 4.69) is 42.0 Å². The number of thioether (sulfide) groups is 1. The highest BCUT2D eigenvalue weighted by Crippen LogP contribution is 2.31. The molecule has 1 N–H and O–H groups in total. The molecule has 1 amide bonds. The minimum absolute atomic E-state index is 0.00469. The van der Waals surface area contributed by atoms with Gasteiger partial charge in [-0.2, -0.15) is 0 Å². The molecule has 3 rings (SSSR count). The zero-order valence-electron chi connectivity index (χ0n) is 13.4. The topological polar surface area (TPSA) is 42.0 Å². The van der Waals surface area contributed by atoms with Crippen LogP contribution in [0.4, 0.5) is 5.69 Å². The lowest BCUT2D eigenvalue weighted by Crippen LogP contribution is -2.14. The van der Waals surface area contributed by atoms with Crippen LogP contribution in [-0.2, 0) is 4.79 Å². The molecule has 5 heteroatoms. The molecule has 0 aliphatic rings. The summed E-state index contributed by atoms with van der Waals surface area (Å²) in [4.78, 5) is 16.5. The predicted octanol–water partition coefficient (Wildman–Crippen LogP) is 5.13. The first kappa shape index (κ1) is 16.7. The highest BCUT2D eigenvalue weighted by molar-refractivity contribution is 8.00. The third kappa shape index (κ3) is 4.04. The first-order chi connectivity index (χ1) is 11.7. The summed E-state index contributed by atoms with van der Waals surface area (Å²) in [5, 5.41) is 3.90. The Morgan fingerprint density at radius 3 is 2.83 bits per heavy atom. The summed E-state index contributed by atoms with van der Waals surface area (Å²) in [6.07, 6.45) is 1.80. The lowest BCUT2D eigenvalue weighted by molar-refractivity contribution is -0.113. The number of nitrogens with one attached hydrogen (secondary N) is 1. The Morgan fingerprint density at radius 1 is 1.29 bits per heavy atom. The lowest BCUT2D eigenvalue weighted by atomic mass is 10.2. The van der Waals surface area contributed by atoms with E-state index in [9.17, 15) is 4.79 Å². The van der Waals surface area contributed by atoms with Gasteiger partial charge < -0.3 is 5.32 Å². The molecule has 122 valence electrons. The van der Waals surface area contributed by atoms with Crippen molar-refractivity contribution in [3.63, 3.8) is 0 Å². The molecular formula is C19H18N2OS2. The molecule has 1 aromatic heterocycles. The Labute approximate surface area is 149 Å². The summed E-state index contributed by atoms with van der Waals surface area (Å²) in [5.74, 6) is 1.22. The van der Waals surface area contributed by atoms with Gasteiger partial charge in [0.25, 0.3) is 0 Å². The van der Waals surface area contributed by atoms with E-state index in [0.717, 1.165) is 27.5 Å². The number of fused-ring (bicyclic) bond motifs is 1. The van der Waals surface area contributed by atoms with Crippen molar-refractivity contribution in [3.05, 3.63) is 60.7 Å². The van der Waals surface area contributed by atoms with Crippen LogP contribution in [0, 0.1) is 6.92 Å². The van der Waals surface area contributed by atoms with E-state index in [1.807, 2.05) is 24.3 Å². The fraction of sp³-hybridized carbons (Fsp3) is 0.158. The van der Waals surface area contributed by atoms with Crippen LogP contribution in [-0.4, -0.2) is 22.4 Å². The number of benzene rings is 2. The van der Waals surface area contributed by atoms with Crippen LogP contribution in [0.2, 0.25) is 0 Å². The van der Waals surface area contributed by atoms with Crippen LogP contribution in [0.5, 0.6) is 0 Å². The molecule has 0 bridgehead atoms. The molecule has 0 atom stereocenters. The van der Waals surface area contributed by atoms with E-state index in [4.69, 9.17) is 0 Å². The molecule has 3 aromatic rings. The van der Waals surface area contributed by atoms with Gasteiger partial charge in [-0.25, -0.2) is 4.98 Å². The second-order valence-corrected chi connectivity index (χ2v) is 7.48. The number of carbonyl (C=O) groups is 1. The largest absolute Gasteiger partial charge is 0.325 e. The number of hydrogen-bond donors (Lipinski definition) is 1. The Balaban J connectivity index is 1.71. The van der Waals surface area contributed by atoms with E-state index in [0.29, 0.717) is 5.75 Å². The van der Waals surface area contributed by atoms with Crippen molar-refractivity contribution >= 4 is 44.9 Å². The number of carbonyl (C=O) groups excluding carboxylic acids is 1. The number of hydrogen-bond acceptors (Lipinski definition) is 4. The van der Waals surface area contributed by atoms with Crippen LogP contribution in [0.3, 0.4) is 0 Å². The van der Waals surface area contributed by atoms with Gasteiger partial charge in [0.15, 0.2) is 0 Å². The smallest absolute Gasteiger partial charge is 0.234 e. The van der Waals surface area contributed by atoms with Crippen molar-refractivity contribution in [1.82, 2.24) is 4.98 Å². The first-order valence-corrected chi connectivity index (χ1v) is 9.59. The van der Waals surface area contributed by atoms with Crippen LogP contribution in [0.25, 0.3) is 20.8 Å². The van der Waals surface area contributed by atoms with Crippen LogP contribution < -0.4 is 5.32 Å². The van der Waals surface area contributed by atoms with E-state index >= 15 is 0 Å². The lowest BCUT2D eigenvalue weighted by Gasteiger charge is -2.05. The number of thiazole rings is 1. The molecule has 24 heavy (non-hydrogen) atoms. The standard InChI is InChI=1S/C19H18N2OS2/c1-3-10-23-12-18(22)20-15-7-5-14(6-8-15)19-21-16-9-4-13(2)11-17(16)24-19/h3-9,11H,1,10,12H2,2H3,(H,20,22). The van der Waals surface area contributed by atoms with E-state index in [1.54, 1.807) is 29.2 Å². The highest BCUT2D eigenvalue weighted by atomic mass is 32.2. The van der Waals surface area contributed by atoms with Gasteiger partial charge in [0.05, 0.1) is 16.0 Å². The fourth-order valence-electron chi connectivity index (χ4n) is 2.28. The highest BCUT2D eigenvalue weighted by Gasteiger charge is 2.07. The molecule has 0 fully saturated rings. The Bertz CT molecular complexity index is 869. The molecular weight excluding hydrogens is 336 g/mol. The molecule has 0 aliphatic carbocycles. The van der Waals surface area contributed by atoms with Gasteiger partial charge in [-0.3, -0.25) is 4.79 Å². The average molecular weight is 355 g/mol. The molecule has 2 aromatic carbocycles. The van der Waals surface area contributed by atoms with Crippen molar-refractivity contribution in [1.29, 1.82) is 0 Å². The summed E-state index contributed by atoms with van der Waals surface area (Å²) >= 11 is 3.23. The molecule has 0 radical (unpaired) electrons. The number of aryl methyl sites for hydroxylation is 1. The molecule has 0 unspecified atom stereocenters. The second kappa shape index (κ2) is 7.64. The molecule has 0 spiro atoms. The van der Waals surface area contributed by atoms with Crippen molar-refractivity contribution in [2.75, 3.05) is 16.8 Å². The van der Waals surface area contributed by atoms with Crippen LogP contribution >= 0.6 is 23.1 Å². The molecule has 3 nitrogen and oxygen atoms in total. The zero-order chi connectivity index (χ0) is 16.9. The maximum atomic E-state index is 11.8. The normalized spacial score (nSPS) is 10.7. The number of aromatic nitrogens is 1. The maximum absolute atomic E-state index is 11.8. The summed E-state index contributed by atoms with van der Waals surface area (Å²) in [7, 11) is 0. The SMILES string of the molecule is C=CCSCC(=O)Nc1ccc(-c2nc3ccc(C)cc3s2)cc1. The van der Waals surface area contributed by atoms with Gasteiger partial charge in [-0.15, -0.1) is 29.7 Å². The van der Waals surface area contributed by atoms with E-state index in [-0.39, 0.29) is 5.91 Å². The van der Waals surface area contributed by atoms with Gasteiger partial charge in [-0.05, 0) is 48.9 Å². The number of anilines is 1. The second-order valence-electron chi connectivity index (χ2n) is 5.42. The van der Waals surface area contributed by atoms with Gasteiger partial charge in [0.1, 0.15) is 5.01 Å². The molecule has 1 heterocycles. The van der Waals surface area contributed by atoms with Crippen LogP contribution in [0.15, 0.2) is 55.1 Å². The van der Waals surface area contributed by atoms with Crippen molar-refractivity contribution in [2.24, 2.45) is 0 Å². The molecule has 0 saturated carbocycles. The first-order valence-electron chi connectivity index (χ1n) is 7.62. The summed E-state index contributed by atoms with van der Waals surface area (Å²) < 4.78 is 1.20. The zero-order valence-corrected chi connectivity index (χ0v) is 15.0. The predicted molar refractivity (Wildman–Crippen MR) is 106 cm³/mol. The van der Waals surface area contributed by atoms with Crippen molar-refractivity contribution in [2.45, 2.75) is 6.92 Å². The van der Waals surface area contributed by atoms with E-state index < -0.39 is 0 Å². The maximum Gasteiger partial charge on any atom is 0.234 e. The fourth-order valence-corrected chi connectivity index (χ4v) is 3.89. The third-order valence-corrected chi connectivity index (χ3v) is 5.43. The minimum atomic E-state index is 0.00469. The molecule has 0 saturated heterocycles. The average Bonchev–Trinajstić information content (AvgIpc) is 2.99. The van der Waals surface area contributed by atoms with Gasteiger partial charge >= 0.3 is 0 Å². The quantitative estimate of drug-likeness (QED) is 0.493.